The molecule has 0 saturated carbocycles. The predicted octanol–water partition coefficient (Wildman–Crippen LogP) is 4.19. The third-order valence-corrected chi connectivity index (χ3v) is 4.24. The monoisotopic (exact) mass is 397 g/mol. The van der Waals surface area contributed by atoms with Crippen LogP contribution in [0.4, 0.5) is 5.82 Å². The molecule has 8 heteroatoms. The highest BCUT2D eigenvalue weighted by atomic mass is 16.6. The molecular formula is C21H23N3O5. The molecule has 0 spiro atoms. The summed E-state index contributed by atoms with van der Waals surface area (Å²) in [5.74, 6) is 1.62. The van der Waals surface area contributed by atoms with Crippen molar-refractivity contribution in [3.05, 3.63) is 48.0 Å². The lowest BCUT2D eigenvalue weighted by Gasteiger charge is -2.09. The number of carbonyl (C=O) groups is 1. The van der Waals surface area contributed by atoms with Crippen LogP contribution in [-0.2, 0) is 0 Å². The van der Waals surface area contributed by atoms with Crippen molar-refractivity contribution >= 4 is 11.7 Å². The first kappa shape index (κ1) is 20.2. The number of methoxy groups -OCH3 is 2. The molecule has 0 radical (unpaired) electrons. The first-order valence-corrected chi connectivity index (χ1v) is 9.25. The van der Waals surface area contributed by atoms with Gasteiger partial charge in [-0.15, -0.1) is 0 Å². The highest BCUT2D eigenvalue weighted by molar-refractivity contribution is 6.05. The molecule has 0 unspecified atom stereocenters. The second kappa shape index (κ2) is 9.59. The minimum atomic E-state index is -0.344. The van der Waals surface area contributed by atoms with Gasteiger partial charge in [-0.05, 0) is 53.1 Å². The lowest BCUT2D eigenvalue weighted by molar-refractivity contribution is 0.102. The Morgan fingerprint density at radius 3 is 2.66 bits per heavy atom. The van der Waals surface area contributed by atoms with Crippen LogP contribution in [0.5, 0.6) is 17.2 Å². The van der Waals surface area contributed by atoms with Gasteiger partial charge in [0.2, 0.25) is 5.82 Å². The molecule has 1 N–H and O–H groups in total. The van der Waals surface area contributed by atoms with E-state index in [4.69, 9.17) is 18.8 Å². The van der Waals surface area contributed by atoms with Crippen LogP contribution in [0.2, 0.25) is 0 Å². The SMILES string of the molecule is CCCCOc1cccc(C(=O)Nc2nonc2-c2ccc(OC)c(OC)c2)c1. The average molecular weight is 397 g/mol. The van der Waals surface area contributed by atoms with Gasteiger partial charge in [-0.25, -0.2) is 4.63 Å². The van der Waals surface area contributed by atoms with Crippen molar-refractivity contribution in [2.75, 3.05) is 26.1 Å². The zero-order valence-corrected chi connectivity index (χ0v) is 16.6. The minimum absolute atomic E-state index is 0.208. The third kappa shape index (κ3) is 4.84. The number of hydrogen-bond donors (Lipinski definition) is 1. The molecule has 0 aliphatic rings. The van der Waals surface area contributed by atoms with E-state index in [9.17, 15) is 4.79 Å². The minimum Gasteiger partial charge on any atom is -0.494 e. The Morgan fingerprint density at radius 1 is 1.07 bits per heavy atom. The van der Waals surface area contributed by atoms with Gasteiger partial charge < -0.3 is 19.5 Å². The normalized spacial score (nSPS) is 10.4. The summed E-state index contributed by atoms with van der Waals surface area (Å²) in [4.78, 5) is 12.7. The third-order valence-electron chi connectivity index (χ3n) is 4.24. The van der Waals surface area contributed by atoms with Gasteiger partial charge >= 0.3 is 0 Å². The number of nitrogens with zero attached hydrogens (tertiary/aromatic N) is 2. The largest absolute Gasteiger partial charge is 0.494 e. The van der Waals surface area contributed by atoms with E-state index in [0.29, 0.717) is 40.7 Å². The summed E-state index contributed by atoms with van der Waals surface area (Å²) in [6, 6.07) is 12.2. The molecule has 0 saturated heterocycles. The van der Waals surface area contributed by atoms with Gasteiger partial charge in [0.05, 0.1) is 20.8 Å². The number of ether oxygens (including phenoxy) is 3. The van der Waals surface area contributed by atoms with Gasteiger partial charge in [-0.1, -0.05) is 19.4 Å². The van der Waals surface area contributed by atoms with Gasteiger partial charge in [-0.2, -0.15) is 0 Å². The molecule has 0 atom stereocenters. The van der Waals surface area contributed by atoms with Gasteiger partial charge in [0.1, 0.15) is 5.75 Å². The van der Waals surface area contributed by atoms with Crippen molar-refractivity contribution in [2.24, 2.45) is 0 Å². The number of amides is 1. The summed E-state index contributed by atoms with van der Waals surface area (Å²) in [5, 5.41) is 10.5. The Bertz CT molecular complexity index is 970. The molecule has 0 bridgehead atoms. The molecule has 3 aromatic rings. The molecule has 3 rings (SSSR count). The quantitative estimate of drug-likeness (QED) is 0.541. The molecular weight excluding hydrogens is 374 g/mol. The summed E-state index contributed by atoms with van der Waals surface area (Å²) in [6.45, 7) is 2.70. The summed E-state index contributed by atoms with van der Waals surface area (Å²) in [6.07, 6.45) is 1.99. The second-order valence-corrected chi connectivity index (χ2v) is 6.22. The Labute approximate surface area is 168 Å². The molecule has 0 fully saturated rings. The molecule has 1 aromatic heterocycles. The van der Waals surface area contributed by atoms with E-state index >= 15 is 0 Å². The number of carbonyl (C=O) groups excluding carboxylic acids is 1. The van der Waals surface area contributed by atoms with Crippen LogP contribution in [0.3, 0.4) is 0 Å². The molecule has 2 aromatic carbocycles. The molecule has 8 nitrogen and oxygen atoms in total. The van der Waals surface area contributed by atoms with Crippen LogP contribution in [0, 0.1) is 0 Å². The fourth-order valence-corrected chi connectivity index (χ4v) is 2.68. The number of anilines is 1. The Balaban J connectivity index is 1.78. The second-order valence-electron chi connectivity index (χ2n) is 6.22. The van der Waals surface area contributed by atoms with E-state index in [1.54, 1.807) is 50.6 Å². The summed E-state index contributed by atoms with van der Waals surface area (Å²) in [7, 11) is 3.10. The predicted molar refractivity (Wildman–Crippen MR) is 108 cm³/mol. The maximum Gasteiger partial charge on any atom is 0.257 e. The fourth-order valence-electron chi connectivity index (χ4n) is 2.68. The molecule has 29 heavy (non-hydrogen) atoms. The van der Waals surface area contributed by atoms with Gasteiger partial charge in [-0.3, -0.25) is 4.79 Å². The number of aromatic nitrogens is 2. The smallest absolute Gasteiger partial charge is 0.257 e. The van der Waals surface area contributed by atoms with E-state index in [0.717, 1.165) is 12.8 Å². The van der Waals surface area contributed by atoms with Crippen LogP contribution in [0.1, 0.15) is 30.1 Å². The lowest BCUT2D eigenvalue weighted by atomic mass is 10.1. The number of benzene rings is 2. The van der Waals surface area contributed by atoms with E-state index in [-0.39, 0.29) is 11.7 Å². The van der Waals surface area contributed by atoms with Crippen LogP contribution in [-0.4, -0.2) is 37.0 Å². The highest BCUT2D eigenvalue weighted by Gasteiger charge is 2.18. The van der Waals surface area contributed by atoms with Crippen molar-refractivity contribution in [2.45, 2.75) is 19.8 Å². The van der Waals surface area contributed by atoms with Crippen LogP contribution in [0.25, 0.3) is 11.3 Å². The lowest BCUT2D eigenvalue weighted by Crippen LogP contribution is -2.13. The molecule has 1 heterocycles. The van der Waals surface area contributed by atoms with E-state index in [1.807, 2.05) is 6.07 Å². The Kier molecular flexibility index (Phi) is 6.67. The van der Waals surface area contributed by atoms with E-state index in [2.05, 4.69) is 22.6 Å². The fraction of sp³-hybridized carbons (Fsp3) is 0.286. The van der Waals surface area contributed by atoms with Crippen molar-refractivity contribution in [3.63, 3.8) is 0 Å². The molecule has 0 aliphatic heterocycles. The van der Waals surface area contributed by atoms with E-state index in [1.165, 1.54) is 0 Å². The molecule has 0 aliphatic carbocycles. The standard InChI is InChI=1S/C21H23N3O5/c1-4-5-11-28-16-8-6-7-15(12-16)21(25)22-20-19(23-29-24-20)14-9-10-17(26-2)18(13-14)27-3/h6-10,12-13H,4-5,11H2,1-3H3,(H,22,24,25). The maximum absolute atomic E-state index is 12.7. The zero-order valence-electron chi connectivity index (χ0n) is 16.6. The first-order valence-electron chi connectivity index (χ1n) is 9.25. The maximum atomic E-state index is 12.7. The van der Waals surface area contributed by atoms with Crippen molar-refractivity contribution in [3.8, 4) is 28.5 Å². The topological polar surface area (TPSA) is 95.7 Å². The van der Waals surface area contributed by atoms with Crippen molar-refractivity contribution < 1.29 is 23.6 Å². The van der Waals surface area contributed by atoms with E-state index < -0.39 is 0 Å². The van der Waals surface area contributed by atoms with Crippen LogP contribution in [0.15, 0.2) is 47.1 Å². The van der Waals surface area contributed by atoms with Gasteiger partial charge in [0.25, 0.3) is 5.91 Å². The van der Waals surface area contributed by atoms with Gasteiger partial charge in [0.15, 0.2) is 17.2 Å². The van der Waals surface area contributed by atoms with Crippen LogP contribution >= 0.6 is 0 Å². The number of unbranched alkanes of at least 4 members (excludes halogenated alkanes) is 1. The van der Waals surface area contributed by atoms with Gasteiger partial charge in [0, 0.05) is 11.1 Å². The molecule has 152 valence electrons. The first-order chi connectivity index (χ1) is 14.2. The highest BCUT2D eigenvalue weighted by Crippen LogP contribution is 2.34. The Morgan fingerprint density at radius 2 is 1.90 bits per heavy atom. The summed E-state index contributed by atoms with van der Waals surface area (Å²) in [5.41, 5.74) is 1.49. The molecule has 1 amide bonds. The number of nitrogens with one attached hydrogen (secondary N) is 1. The zero-order chi connectivity index (χ0) is 20.6. The number of hydrogen-bond acceptors (Lipinski definition) is 7. The van der Waals surface area contributed by atoms with Crippen molar-refractivity contribution in [1.82, 2.24) is 10.3 Å². The van der Waals surface area contributed by atoms with Crippen LogP contribution < -0.4 is 19.5 Å². The van der Waals surface area contributed by atoms with Crippen molar-refractivity contribution in [1.29, 1.82) is 0 Å². The average Bonchev–Trinajstić information content (AvgIpc) is 3.21. The summed E-state index contributed by atoms with van der Waals surface area (Å²) >= 11 is 0. The Hall–Kier alpha value is -3.55. The summed E-state index contributed by atoms with van der Waals surface area (Å²) < 4.78 is 21.1. The number of rotatable bonds is 9.